The minimum absolute atomic E-state index is 0.121. The van der Waals surface area contributed by atoms with Crippen molar-refractivity contribution in [1.82, 2.24) is 4.90 Å². The number of imide groups is 1. The zero-order valence-electron chi connectivity index (χ0n) is 20.6. The number of primary sulfonamides is 1. The van der Waals surface area contributed by atoms with Crippen molar-refractivity contribution < 1.29 is 22.8 Å². The maximum Gasteiger partial charge on any atom is 0.257 e. The molecule has 2 unspecified atom stereocenters. The first-order chi connectivity index (χ1) is 16.2. The molecule has 2 atom stereocenters. The fourth-order valence-corrected chi connectivity index (χ4v) is 5.87. The maximum absolute atomic E-state index is 14.0. The summed E-state index contributed by atoms with van der Waals surface area (Å²) in [6, 6.07) is 13.3. The average molecular weight is 498 g/mol. The summed E-state index contributed by atoms with van der Waals surface area (Å²) in [5, 5.41) is 5.16. The smallest absolute Gasteiger partial charge is 0.257 e. The number of carbonyl (C=O) groups excluding carboxylic acids is 3. The van der Waals surface area contributed by atoms with Crippen LogP contribution in [0.25, 0.3) is 0 Å². The fraction of sp³-hybridized carbons (Fsp3) is 0.423. The number of anilines is 1. The van der Waals surface area contributed by atoms with Gasteiger partial charge in [0.05, 0.1) is 23.0 Å². The molecule has 9 heteroatoms. The normalized spacial score (nSPS) is 22.2. The van der Waals surface area contributed by atoms with Gasteiger partial charge in [-0.15, -0.1) is 0 Å². The Morgan fingerprint density at radius 1 is 1.00 bits per heavy atom. The van der Waals surface area contributed by atoms with Gasteiger partial charge in [-0.2, -0.15) is 0 Å². The number of sulfonamides is 1. The Balaban J connectivity index is 1.71. The first-order valence-electron chi connectivity index (χ1n) is 11.6. The van der Waals surface area contributed by atoms with E-state index in [2.05, 4.69) is 0 Å². The molecule has 3 amide bonds. The highest BCUT2D eigenvalue weighted by Crippen LogP contribution is 2.69. The summed E-state index contributed by atoms with van der Waals surface area (Å²) in [7, 11) is -3.91. The summed E-state index contributed by atoms with van der Waals surface area (Å²) in [5.74, 6) is -1.39. The summed E-state index contributed by atoms with van der Waals surface area (Å²) in [4.78, 5) is 43.1. The van der Waals surface area contributed by atoms with Crippen molar-refractivity contribution in [3.8, 4) is 0 Å². The van der Waals surface area contributed by atoms with Gasteiger partial charge >= 0.3 is 0 Å². The SMILES string of the molecule is CC(c1ccccc1)N(C(=O)C1C(C)(C)C1(C)C)C1CC(=O)N(c2ccc(S(N)(=O)=O)cc2)C1=O. The monoisotopic (exact) mass is 497 g/mol. The van der Waals surface area contributed by atoms with Crippen molar-refractivity contribution in [1.29, 1.82) is 0 Å². The summed E-state index contributed by atoms with van der Waals surface area (Å²) >= 11 is 0. The van der Waals surface area contributed by atoms with Gasteiger partial charge in [-0.25, -0.2) is 18.5 Å². The van der Waals surface area contributed by atoms with Crippen molar-refractivity contribution in [2.75, 3.05) is 4.90 Å². The molecule has 1 saturated heterocycles. The lowest BCUT2D eigenvalue weighted by Crippen LogP contribution is -2.48. The summed E-state index contributed by atoms with van der Waals surface area (Å²) in [6.07, 6.45) is -0.147. The third kappa shape index (κ3) is 4.06. The Morgan fingerprint density at radius 3 is 2.03 bits per heavy atom. The van der Waals surface area contributed by atoms with Crippen LogP contribution in [0.4, 0.5) is 5.69 Å². The summed E-state index contributed by atoms with van der Waals surface area (Å²) in [6.45, 7) is 10.0. The number of amides is 3. The van der Waals surface area contributed by atoms with Gasteiger partial charge in [-0.3, -0.25) is 14.4 Å². The van der Waals surface area contributed by atoms with Crippen LogP contribution in [0.1, 0.15) is 52.6 Å². The number of hydrogen-bond acceptors (Lipinski definition) is 5. The lowest BCUT2D eigenvalue weighted by atomic mass is 10.0. The standard InChI is InChI=1S/C26H31N3O5S/c1-16(17-9-7-6-8-10-17)28(24(32)22-25(2,3)26(22,4)5)20-15-21(30)29(23(20)31)18-11-13-19(14-12-18)35(27,33)34/h6-14,16,20,22H,15H2,1-5H3,(H2,27,33,34). The summed E-state index contributed by atoms with van der Waals surface area (Å²) in [5.41, 5.74) is 0.622. The number of rotatable bonds is 6. The van der Waals surface area contributed by atoms with E-state index in [1.165, 1.54) is 24.3 Å². The van der Waals surface area contributed by atoms with E-state index >= 15 is 0 Å². The highest BCUT2D eigenvalue weighted by Gasteiger charge is 2.69. The third-order valence-electron chi connectivity index (χ3n) is 8.10. The number of benzene rings is 2. The second-order valence-corrected chi connectivity index (χ2v) is 12.1. The van der Waals surface area contributed by atoms with Crippen LogP contribution in [0, 0.1) is 16.7 Å². The van der Waals surface area contributed by atoms with Crippen LogP contribution in [0.15, 0.2) is 59.5 Å². The predicted molar refractivity (Wildman–Crippen MR) is 131 cm³/mol. The van der Waals surface area contributed by atoms with Crippen molar-refractivity contribution in [3.63, 3.8) is 0 Å². The molecule has 1 aliphatic carbocycles. The molecule has 1 saturated carbocycles. The van der Waals surface area contributed by atoms with Crippen LogP contribution in [0.5, 0.6) is 0 Å². The van der Waals surface area contributed by atoms with E-state index in [9.17, 15) is 22.8 Å². The number of nitrogens with zero attached hydrogens (tertiary/aromatic N) is 2. The lowest BCUT2D eigenvalue weighted by molar-refractivity contribution is -0.143. The molecule has 1 aliphatic heterocycles. The third-order valence-corrected chi connectivity index (χ3v) is 9.03. The van der Waals surface area contributed by atoms with Gasteiger partial charge in [0, 0.05) is 5.92 Å². The van der Waals surface area contributed by atoms with Gasteiger partial charge in [-0.1, -0.05) is 58.0 Å². The van der Waals surface area contributed by atoms with E-state index in [1.54, 1.807) is 4.90 Å². The highest BCUT2D eigenvalue weighted by molar-refractivity contribution is 7.89. The van der Waals surface area contributed by atoms with Crippen molar-refractivity contribution >= 4 is 33.4 Å². The molecule has 2 aromatic rings. The minimum atomic E-state index is -3.91. The molecule has 8 nitrogen and oxygen atoms in total. The van der Waals surface area contributed by atoms with E-state index in [1.807, 2.05) is 65.0 Å². The van der Waals surface area contributed by atoms with Crippen LogP contribution in [0.2, 0.25) is 0 Å². The van der Waals surface area contributed by atoms with Gasteiger partial charge in [0.2, 0.25) is 21.8 Å². The largest absolute Gasteiger partial charge is 0.323 e. The molecular formula is C26H31N3O5S. The molecular weight excluding hydrogens is 466 g/mol. The van der Waals surface area contributed by atoms with Crippen molar-refractivity contribution in [3.05, 3.63) is 60.2 Å². The molecule has 35 heavy (non-hydrogen) atoms. The quantitative estimate of drug-likeness (QED) is 0.615. The predicted octanol–water partition coefficient (Wildman–Crippen LogP) is 3.24. The molecule has 186 valence electrons. The summed E-state index contributed by atoms with van der Waals surface area (Å²) < 4.78 is 23.2. The maximum atomic E-state index is 14.0. The lowest BCUT2D eigenvalue weighted by Gasteiger charge is -2.34. The first kappa shape index (κ1) is 25.1. The van der Waals surface area contributed by atoms with Crippen molar-refractivity contribution in [2.24, 2.45) is 21.9 Å². The molecule has 0 spiro atoms. The van der Waals surface area contributed by atoms with Gasteiger partial charge in [-0.05, 0) is 47.6 Å². The highest BCUT2D eigenvalue weighted by atomic mass is 32.2. The fourth-order valence-electron chi connectivity index (χ4n) is 5.36. The molecule has 2 N–H and O–H groups in total. The Kier molecular flexibility index (Phi) is 5.92. The molecule has 1 heterocycles. The Morgan fingerprint density at radius 2 is 1.54 bits per heavy atom. The molecule has 2 fully saturated rings. The Bertz CT molecular complexity index is 1270. The zero-order chi connectivity index (χ0) is 25.9. The van der Waals surface area contributed by atoms with Crippen molar-refractivity contribution in [2.45, 2.75) is 58.0 Å². The van der Waals surface area contributed by atoms with Gasteiger partial charge in [0.25, 0.3) is 5.91 Å². The first-order valence-corrected chi connectivity index (χ1v) is 13.1. The second kappa shape index (κ2) is 8.27. The van der Waals surface area contributed by atoms with Crippen LogP contribution >= 0.6 is 0 Å². The van der Waals surface area contributed by atoms with E-state index in [4.69, 9.17) is 5.14 Å². The van der Waals surface area contributed by atoms with Gasteiger partial charge < -0.3 is 4.90 Å². The van der Waals surface area contributed by atoms with E-state index < -0.39 is 33.9 Å². The van der Waals surface area contributed by atoms with E-state index in [-0.39, 0.29) is 39.7 Å². The van der Waals surface area contributed by atoms with Crippen LogP contribution < -0.4 is 10.0 Å². The Labute approximate surface area is 206 Å². The molecule has 2 aromatic carbocycles. The van der Waals surface area contributed by atoms with Crippen LogP contribution in [-0.4, -0.2) is 37.1 Å². The second-order valence-electron chi connectivity index (χ2n) is 10.5. The molecule has 0 bridgehead atoms. The zero-order valence-corrected chi connectivity index (χ0v) is 21.4. The van der Waals surface area contributed by atoms with E-state index in [0.717, 1.165) is 10.5 Å². The topological polar surface area (TPSA) is 118 Å². The molecule has 0 aromatic heterocycles. The van der Waals surface area contributed by atoms with Crippen LogP contribution in [-0.2, 0) is 24.4 Å². The Hall–Kier alpha value is -3.04. The average Bonchev–Trinajstić information content (AvgIpc) is 3.02. The number of carbonyl (C=O) groups is 3. The van der Waals surface area contributed by atoms with Gasteiger partial charge in [0.1, 0.15) is 6.04 Å². The number of nitrogens with two attached hydrogens (primary N) is 1. The van der Waals surface area contributed by atoms with Crippen LogP contribution in [0.3, 0.4) is 0 Å². The minimum Gasteiger partial charge on any atom is -0.323 e. The molecule has 0 radical (unpaired) electrons. The molecule has 4 rings (SSSR count). The van der Waals surface area contributed by atoms with Gasteiger partial charge in [0.15, 0.2) is 0 Å². The number of hydrogen-bond donors (Lipinski definition) is 1. The van der Waals surface area contributed by atoms with E-state index in [0.29, 0.717) is 0 Å². The molecule has 2 aliphatic rings.